The molecule has 0 aromatic carbocycles. The Hall–Kier alpha value is -2.68. The summed E-state index contributed by atoms with van der Waals surface area (Å²) < 4.78 is 17.9. The highest BCUT2D eigenvalue weighted by Crippen LogP contribution is 2.37. The number of hydrogen-bond acceptors (Lipinski definition) is 7. The van der Waals surface area contributed by atoms with Crippen molar-refractivity contribution >= 4 is 11.9 Å². The number of aryl methyl sites for hydroxylation is 3. The lowest BCUT2D eigenvalue weighted by molar-refractivity contribution is 0.0160. The molecule has 0 unspecified atom stereocenters. The highest BCUT2D eigenvalue weighted by Gasteiger charge is 2.39. The summed E-state index contributed by atoms with van der Waals surface area (Å²) in [5.74, 6) is -0.0230. The van der Waals surface area contributed by atoms with Crippen molar-refractivity contribution in [1.82, 2.24) is 20.1 Å². The molecule has 2 aromatic heterocycles. The predicted octanol–water partition coefficient (Wildman–Crippen LogP) is 2.33. The Balaban J connectivity index is 1.44. The zero-order valence-corrected chi connectivity index (χ0v) is 18.2. The molecule has 1 spiro atoms. The van der Waals surface area contributed by atoms with Crippen LogP contribution in [0.4, 0.5) is 0 Å². The normalized spacial score (nSPS) is 17.8. The van der Waals surface area contributed by atoms with Gasteiger partial charge in [0.1, 0.15) is 12.0 Å². The summed E-state index contributed by atoms with van der Waals surface area (Å²) in [6, 6.07) is 0. The van der Waals surface area contributed by atoms with E-state index < -0.39 is 5.97 Å². The fourth-order valence-electron chi connectivity index (χ4n) is 4.41. The Bertz CT molecular complexity index is 942. The molecule has 0 bridgehead atoms. The molecule has 9 nitrogen and oxygen atoms in total. The van der Waals surface area contributed by atoms with Gasteiger partial charge in [0.25, 0.3) is 5.91 Å². The highest BCUT2D eigenvalue weighted by molar-refractivity contribution is 5.94. The maximum atomic E-state index is 12.8. The first kappa shape index (κ1) is 21.5. The Kier molecular flexibility index (Phi) is 6.41. The number of nitrogens with zero attached hydrogens (tertiary/aromatic N) is 3. The topological polar surface area (TPSA) is 108 Å². The molecule has 2 aliphatic rings. The minimum atomic E-state index is -0.484. The number of carbonyl (C=O) groups is 2. The van der Waals surface area contributed by atoms with Gasteiger partial charge in [0.2, 0.25) is 0 Å². The van der Waals surface area contributed by atoms with E-state index in [0.717, 1.165) is 43.7 Å². The van der Waals surface area contributed by atoms with Gasteiger partial charge in [-0.2, -0.15) is 5.10 Å². The third-order valence-corrected chi connectivity index (χ3v) is 6.23. The second kappa shape index (κ2) is 9.21. The Morgan fingerprint density at radius 2 is 2.13 bits per heavy atom. The van der Waals surface area contributed by atoms with E-state index in [2.05, 4.69) is 10.3 Å². The molecule has 168 valence electrons. The lowest BCUT2D eigenvalue weighted by Crippen LogP contribution is -2.40. The smallest absolute Gasteiger partial charge is 0.360 e. The fraction of sp³-hybridized carbons (Fsp3) is 0.636. The lowest BCUT2D eigenvalue weighted by atomic mass is 9.75. The highest BCUT2D eigenvalue weighted by atomic mass is 16.5. The van der Waals surface area contributed by atoms with E-state index in [0.29, 0.717) is 43.9 Å². The minimum absolute atomic E-state index is 0.0198. The van der Waals surface area contributed by atoms with E-state index in [1.54, 1.807) is 4.68 Å². The van der Waals surface area contributed by atoms with E-state index in [9.17, 15) is 9.59 Å². The second-order valence-corrected chi connectivity index (χ2v) is 8.28. The summed E-state index contributed by atoms with van der Waals surface area (Å²) in [6.07, 6.45) is 5.89. The van der Waals surface area contributed by atoms with E-state index in [1.165, 1.54) is 6.26 Å². The second-order valence-electron chi connectivity index (χ2n) is 8.28. The van der Waals surface area contributed by atoms with Gasteiger partial charge in [0, 0.05) is 38.3 Å². The van der Waals surface area contributed by atoms with Crippen LogP contribution in [0, 0.1) is 5.41 Å². The molecule has 1 amide bonds. The van der Waals surface area contributed by atoms with Crippen LogP contribution in [0.5, 0.6) is 0 Å². The van der Waals surface area contributed by atoms with Crippen molar-refractivity contribution in [3.8, 4) is 0 Å². The van der Waals surface area contributed by atoms with Gasteiger partial charge in [0.15, 0.2) is 11.6 Å². The van der Waals surface area contributed by atoms with Crippen LogP contribution in [-0.2, 0) is 35.3 Å². The van der Waals surface area contributed by atoms with Crippen molar-refractivity contribution in [2.75, 3.05) is 26.4 Å². The zero-order valence-electron chi connectivity index (χ0n) is 18.2. The summed E-state index contributed by atoms with van der Waals surface area (Å²) in [5, 5.41) is 7.84. The van der Waals surface area contributed by atoms with Crippen LogP contribution in [0.3, 0.4) is 0 Å². The number of hydrogen-bond donors (Lipinski definition) is 1. The zero-order chi connectivity index (χ0) is 21.8. The number of rotatable bonds is 7. The maximum Gasteiger partial charge on any atom is 0.360 e. The average molecular weight is 431 g/mol. The first-order valence-electron chi connectivity index (χ1n) is 11.1. The lowest BCUT2D eigenvalue weighted by Gasteiger charge is -2.36. The van der Waals surface area contributed by atoms with Crippen LogP contribution in [0.15, 0.2) is 10.7 Å². The van der Waals surface area contributed by atoms with Gasteiger partial charge in [-0.25, -0.2) is 9.78 Å². The molecule has 31 heavy (non-hydrogen) atoms. The van der Waals surface area contributed by atoms with E-state index in [4.69, 9.17) is 19.0 Å². The summed E-state index contributed by atoms with van der Waals surface area (Å²) in [7, 11) is 0. The number of aromatic nitrogens is 3. The Morgan fingerprint density at radius 3 is 2.84 bits per heavy atom. The fourth-order valence-corrected chi connectivity index (χ4v) is 4.41. The minimum Gasteiger partial charge on any atom is -0.461 e. The number of carbonyl (C=O) groups excluding carboxylic acids is 2. The molecule has 0 radical (unpaired) electrons. The SMILES string of the molecule is CCc1nc(C(=O)OCCCc2nn(CC)c3c2CC2(CCOCC2)CNC3=O)co1. The summed E-state index contributed by atoms with van der Waals surface area (Å²) in [6.45, 7) is 6.90. The number of ether oxygens (including phenoxy) is 2. The van der Waals surface area contributed by atoms with Crippen LogP contribution in [0.1, 0.15) is 71.2 Å². The van der Waals surface area contributed by atoms with Crippen molar-refractivity contribution < 1.29 is 23.5 Å². The van der Waals surface area contributed by atoms with Crippen LogP contribution in [-0.4, -0.2) is 53.0 Å². The Morgan fingerprint density at radius 1 is 1.32 bits per heavy atom. The van der Waals surface area contributed by atoms with Gasteiger partial charge in [-0.15, -0.1) is 0 Å². The molecular formula is C22H30N4O5. The van der Waals surface area contributed by atoms with Crippen molar-refractivity contribution in [3.05, 3.63) is 34.8 Å². The number of fused-ring (bicyclic) bond motifs is 1. The third kappa shape index (κ3) is 4.51. The number of esters is 1. The molecule has 0 aliphatic carbocycles. The first-order chi connectivity index (χ1) is 15.0. The van der Waals surface area contributed by atoms with Crippen LogP contribution in [0.25, 0.3) is 0 Å². The molecule has 1 fully saturated rings. The van der Waals surface area contributed by atoms with E-state index >= 15 is 0 Å². The molecule has 0 atom stereocenters. The van der Waals surface area contributed by atoms with Crippen molar-refractivity contribution in [1.29, 1.82) is 0 Å². The molecular weight excluding hydrogens is 400 g/mol. The molecule has 1 saturated heterocycles. The van der Waals surface area contributed by atoms with Crippen molar-refractivity contribution in [2.45, 2.75) is 58.9 Å². The average Bonchev–Trinajstić information content (AvgIpc) is 3.37. The number of amides is 1. The summed E-state index contributed by atoms with van der Waals surface area (Å²) >= 11 is 0. The number of nitrogens with one attached hydrogen (secondary N) is 1. The standard InChI is InChI=1S/C22H30N4O5/c1-3-18-24-17(13-31-18)21(28)30-9-5-6-16-15-12-22(7-10-29-11-8-22)14-23-20(27)19(15)26(4-2)25-16/h13H,3-12,14H2,1-2H3,(H,23,27). The van der Waals surface area contributed by atoms with Gasteiger partial charge >= 0.3 is 5.97 Å². The Labute approximate surface area is 181 Å². The van der Waals surface area contributed by atoms with Crippen LogP contribution < -0.4 is 5.32 Å². The van der Waals surface area contributed by atoms with Crippen LogP contribution in [0.2, 0.25) is 0 Å². The molecule has 2 aliphatic heterocycles. The molecule has 4 heterocycles. The van der Waals surface area contributed by atoms with Gasteiger partial charge < -0.3 is 19.2 Å². The van der Waals surface area contributed by atoms with Crippen molar-refractivity contribution in [2.24, 2.45) is 5.41 Å². The molecule has 2 aromatic rings. The van der Waals surface area contributed by atoms with E-state index in [1.807, 2.05) is 13.8 Å². The number of oxazole rings is 1. The first-order valence-corrected chi connectivity index (χ1v) is 11.1. The van der Waals surface area contributed by atoms with Gasteiger partial charge in [0.05, 0.1) is 12.3 Å². The monoisotopic (exact) mass is 430 g/mol. The molecule has 4 rings (SSSR count). The van der Waals surface area contributed by atoms with Gasteiger partial charge in [-0.1, -0.05) is 6.92 Å². The quantitative estimate of drug-likeness (QED) is 0.530. The van der Waals surface area contributed by atoms with Gasteiger partial charge in [-0.3, -0.25) is 9.48 Å². The molecule has 1 N–H and O–H groups in total. The predicted molar refractivity (Wildman–Crippen MR) is 111 cm³/mol. The van der Waals surface area contributed by atoms with Crippen LogP contribution >= 0.6 is 0 Å². The largest absolute Gasteiger partial charge is 0.461 e. The molecule has 9 heteroatoms. The van der Waals surface area contributed by atoms with E-state index in [-0.39, 0.29) is 23.6 Å². The van der Waals surface area contributed by atoms with Crippen molar-refractivity contribution in [3.63, 3.8) is 0 Å². The third-order valence-electron chi connectivity index (χ3n) is 6.23. The summed E-state index contributed by atoms with van der Waals surface area (Å²) in [5.41, 5.74) is 2.85. The van der Waals surface area contributed by atoms with Gasteiger partial charge in [-0.05, 0) is 44.4 Å². The maximum absolute atomic E-state index is 12.8. The summed E-state index contributed by atoms with van der Waals surface area (Å²) in [4.78, 5) is 29.1. The molecule has 0 saturated carbocycles.